The molecule has 3 aliphatic carbocycles. The Labute approximate surface area is 461 Å². The minimum atomic E-state index is -2.86. The average molecular weight is 1180 g/mol. The molecule has 2 saturated carbocycles. The highest BCUT2D eigenvalue weighted by molar-refractivity contribution is 6.68. The van der Waals surface area contributed by atoms with E-state index >= 15 is 4.79 Å². The molecular formula is C49H57Cl6NO19. The van der Waals surface area contributed by atoms with E-state index in [1.54, 1.807) is 45.0 Å². The molecule has 0 radical (unpaired) electrons. The Balaban J connectivity index is 1.85. The minimum absolute atomic E-state index is 0.131. The van der Waals surface area contributed by atoms with Crippen LogP contribution in [0.25, 0.3) is 0 Å². The first kappa shape index (κ1) is 61.5. The molecule has 5 rings (SSSR count). The number of Topliss-reactive ketones (excluding diaryl/α,β-unsaturated/α-hetero) is 1. The number of rotatable bonds is 13. The number of carbonyl (C=O) groups excluding carboxylic acids is 7. The normalized spacial score (nSPS) is 28.4. The van der Waals surface area contributed by atoms with Gasteiger partial charge in [0.1, 0.15) is 48.8 Å². The van der Waals surface area contributed by atoms with Crippen molar-refractivity contribution in [2.75, 3.05) is 19.8 Å². The first-order chi connectivity index (χ1) is 34.5. The highest BCUT2D eigenvalue weighted by Crippen LogP contribution is 2.63. The van der Waals surface area contributed by atoms with Crippen LogP contribution in [0.3, 0.4) is 0 Å². The van der Waals surface area contributed by atoms with Gasteiger partial charge in [0.05, 0.1) is 29.5 Å². The summed E-state index contributed by atoms with van der Waals surface area (Å²) in [5, 5.41) is 52.1. The maximum absolute atomic E-state index is 16.3. The molecule has 0 aliphatic heterocycles. The van der Waals surface area contributed by atoms with E-state index in [-0.39, 0.29) is 22.3 Å². The van der Waals surface area contributed by atoms with Crippen LogP contribution in [-0.2, 0) is 52.3 Å². The smallest absolute Gasteiger partial charge is 0.456 e. The number of nitrogens with one attached hydrogen (secondary N) is 1. The van der Waals surface area contributed by atoms with E-state index in [1.807, 2.05) is 0 Å². The maximum Gasteiger partial charge on any atom is 0.509 e. The highest BCUT2D eigenvalue weighted by Gasteiger charge is 2.77. The quantitative estimate of drug-likeness (QED) is 0.0570. The van der Waals surface area contributed by atoms with E-state index in [0.717, 1.165) is 13.8 Å². The number of ether oxygens (including phenoxy) is 8. The molecule has 0 spiro atoms. The molecule has 5 N–H and O–H groups in total. The molecule has 0 aromatic heterocycles. The Morgan fingerprint density at radius 2 is 1.35 bits per heavy atom. The molecule has 2 fully saturated rings. The van der Waals surface area contributed by atoms with Gasteiger partial charge in [0, 0.05) is 25.2 Å². The Kier molecular flexibility index (Phi) is 19.1. The van der Waals surface area contributed by atoms with Crippen LogP contribution < -0.4 is 5.32 Å². The van der Waals surface area contributed by atoms with E-state index in [2.05, 4.69) is 5.32 Å². The van der Waals surface area contributed by atoms with E-state index in [1.165, 1.54) is 57.2 Å². The minimum Gasteiger partial charge on any atom is -0.456 e. The van der Waals surface area contributed by atoms with Crippen molar-refractivity contribution in [1.82, 2.24) is 5.32 Å². The number of benzene rings is 2. The van der Waals surface area contributed by atoms with Gasteiger partial charge >= 0.3 is 36.3 Å². The number of hydrogen-bond acceptors (Lipinski definition) is 19. The van der Waals surface area contributed by atoms with Gasteiger partial charge in [-0.25, -0.2) is 24.0 Å². The topological polar surface area (TPSA) is 286 Å². The first-order valence-corrected chi connectivity index (χ1v) is 25.3. The van der Waals surface area contributed by atoms with Crippen LogP contribution in [0.2, 0.25) is 0 Å². The summed E-state index contributed by atoms with van der Waals surface area (Å²) < 4.78 is 40.9. The standard InChI is InChI=1S/C49H57Cl6NO19/c1-24-28(70-39(63)33(60)32(26-15-11-9-12-16-26)56-40(64)75-43(3,4)5)20-47(67)37(73-38(62)27-17-13-10-14-18-27)35-45(8,36(61)34(31(24)44(47,6)7)72-42(66)69-23-49(53,54)55)30(71-41(65)68-22-48(50,51)52)19-29(59)46(35,21-57)74-25(2)58/h9-18,28-30,32-35,37,57,59-60,67H,19-23H2,1-8H3,(H,56,64)/t28-,29+,30-,32-,33?,34+,35?,37-,45+,46-,47+/m0/s1. The summed E-state index contributed by atoms with van der Waals surface area (Å²) in [4.78, 5) is 99.3. The zero-order valence-corrected chi connectivity index (χ0v) is 46.1. The van der Waals surface area contributed by atoms with E-state index in [9.17, 15) is 49.2 Å². The van der Waals surface area contributed by atoms with Gasteiger partial charge in [0.15, 0.2) is 23.6 Å². The molecule has 0 saturated heterocycles. The number of halogens is 6. The highest BCUT2D eigenvalue weighted by atomic mass is 35.6. The molecule has 2 bridgehead atoms. The van der Waals surface area contributed by atoms with Crippen molar-refractivity contribution in [3.05, 3.63) is 82.9 Å². The number of hydrogen-bond donors (Lipinski definition) is 5. The SMILES string of the molecule is CC(=O)O[C@]1(CO)C2[C@H](OC(=O)c3ccccc3)[C@]3(O)C[C@H](OC(=O)C(O)[C@@H](NC(=O)OC(C)(C)C)c4ccccc4)C(C)=C([C@@H](OC(=O)OCC(Cl)(Cl)Cl)C(=O)[C@]2(C)[C@@H](OC(=O)OCC(Cl)(Cl)Cl)C[C@H]1O)C3(C)C. The number of alkyl halides is 6. The Morgan fingerprint density at radius 1 is 0.813 bits per heavy atom. The number of ketones is 1. The lowest BCUT2D eigenvalue weighted by atomic mass is 9.45. The fourth-order valence-corrected chi connectivity index (χ4v) is 10.4. The van der Waals surface area contributed by atoms with Gasteiger partial charge in [0.25, 0.3) is 0 Å². The fraction of sp³-hybridized carbons (Fsp3) is 0.571. The van der Waals surface area contributed by atoms with Crippen molar-refractivity contribution >= 4 is 112 Å². The summed E-state index contributed by atoms with van der Waals surface area (Å²) in [7, 11) is 0. The monoisotopic (exact) mass is 1170 g/mol. The van der Waals surface area contributed by atoms with Crippen LogP contribution in [-0.4, -0.2) is 143 Å². The molecule has 414 valence electrons. The molecule has 2 aromatic rings. The predicted octanol–water partition coefficient (Wildman–Crippen LogP) is 7.28. The number of aliphatic hydroxyl groups is 4. The fourth-order valence-electron chi connectivity index (χ4n) is 10.0. The third kappa shape index (κ3) is 13.7. The lowest BCUT2D eigenvalue weighted by Gasteiger charge is -2.64. The molecule has 1 amide bonds. The van der Waals surface area contributed by atoms with Gasteiger partial charge in [-0.15, -0.1) is 0 Å². The molecule has 2 unspecified atom stereocenters. The second kappa shape index (κ2) is 23.3. The zero-order chi connectivity index (χ0) is 56.4. The van der Waals surface area contributed by atoms with Crippen molar-refractivity contribution in [3.8, 4) is 0 Å². The largest absolute Gasteiger partial charge is 0.509 e. The summed E-state index contributed by atoms with van der Waals surface area (Å²) in [5.41, 5.74) is -12.0. The van der Waals surface area contributed by atoms with Crippen molar-refractivity contribution in [1.29, 1.82) is 0 Å². The number of esters is 3. The van der Waals surface area contributed by atoms with E-state index < -0.39 is 159 Å². The summed E-state index contributed by atoms with van der Waals surface area (Å²) in [6.45, 7) is 7.37. The van der Waals surface area contributed by atoms with Crippen molar-refractivity contribution in [3.63, 3.8) is 0 Å². The van der Waals surface area contributed by atoms with Gasteiger partial charge in [-0.05, 0) is 63.5 Å². The molecule has 0 heterocycles. The lowest BCUT2D eigenvalue weighted by molar-refractivity contribution is -0.290. The van der Waals surface area contributed by atoms with Crippen molar-refractivity contribution < 1.29 is 91.9 Å². The third-order valence-corrected chi connectivity index (χ3v) is 14.1. The number of amides is 1. The number of fused-ring (bicyclic) bond motifs is 3. The maximum atomic E-state index is 16.3. The van der Waals surface area contributed by atoms with Crippen LogP contribution in [0.15, 0.2) is 71.8 Å². The predicted molar refractivity (Wildman–Crippen MR) is 268 cm³/mol. The van der Waals surface area contributed by atoms with Crippen LogP contribution >= 0.6 is 69.6 Å². The summed E-state index contributed by atoms with van der Waals surface area (Å²) in [6, 6.07) is 13.3. The number of aliphatic hydroxyl groups excluding tert-OH is 3. The molecule has 75 heavy (non-hydrogen) atoms. The van der Waals surface area contributed by atoms with E-state index in [4.69, 9.17) is 108 Å². The van der Waals surface area contributed by atoms with Crippen LogP contribution in [0, 0.1) is 16.7 Å². The molecule has 11 atom stereocenters. The Morgan fingerprint density at radius 3 is 1.85 bits per heavy atom. The first-order valence-electron chi connectivity index (χ1n) is 23.0. The Hall–Kier alpha value is -4.35. The van der Waals surface area contributed by atoms with Crippen molar-refractivity contribution in [2.45, 2.75) is 135 Å². The van der Waals surface area contributed by atoms with Crippen molar-refractivity contribution in [2.24, 2.45) is 16.7 Å². The average Bonchev–Trinajstić information content (AvgIpc) is 3.30. The number of carbonyl (C=O) groups is 7. The number of alkyl carbamates (subject to hydrolysis) is 1. The molecular weight excluding hydrogens is 1120 g/mol. The van der Waals surface area contributed by atoms with Gasteiger partial charge < -0.3 is 63.6 Å². The molecule has 26 heteroatoms. The summed E-state index contributed by atoms with van der Waals surface area (Å²) in [5.74, 6) is -7.50. The van der Waals surface area contributed by atoms with Gasteiger partial charge in [-0.1, -0.05) is 132 Å². The third-order valence-electron chi connectivity index (χ3n) is 13.4. The summed E-state index contributed by atoms with van der Waals surface area (Å²) in [6.07, 6.45) is -19.2. The Bertz CT molecular complexity index is 2500. The summed E-state index contributed by atoms with van der Waals surface area (Å²) >= 11 is 35.2. The molecule has 20 nitrogen and oxygen atoms in total. The second-order valence-electron chi connectivity index (χ2n) is 19.9. The van der Waals surface area contributed by atoms with Crippen LogP contribution in [0.4, 0.5) is 14.4 Å². The van der Waals surface area contributed by atoms with Crippen LogP contribution in [0.1, 0.15) is 90.2 Å². The van der Waals surface area contributed by atoms with Gasteiger partial charge in [0.2, 0.25) is 7.59 Å². The van der Waals surface area contributed by atoms with Gasteiger partial charge in [-0.2, -0.15) is 0 Å². The zero-order valence-electron chi connectivity index (χ0n) is 41.6. The van der Waals surface area contributed by atoms with Crippen LogP contribution in [0.5, 0.6) is 0 Å². The van der Waals surface area contributed by atoms with Gasteiger partial charge in [-0.3, -0.25) is 9.59 Å². The van der Waals surface area contributed by atoms with E-state index in [0.29, 0.717) is 0 Å². The molecule has 3 aliphatic rings. The second-order valence-corrected chi connectivity index (χ2v) is 25.0. The molecule has 2 aromatic carbocycles. The lowest BCUT2D eigenvalue weighted by Crippen LogP contribution is -2.79.